The van der Waals surface area contributed by atoms with E-state index < -0.39 is 0 Å². The maximum absolute atomic E-state index is 11.1. The highest BCUT2D eigenvalue weighted by Crippen LogP contribution is 2.36. The van der Waals surface area contributed by atoms with Crippen molar-refractivity contribution in [3.63, 3.8) is 0 Å². The first-order valence-electron chi connectivity index (χ1n) is 4.64. The van der Waals surface area contributed by atoms with E-state index in [0.717, 1.165) is 0 Å². The first-order valence-corrected chi connectivity index (χ1v) is 4.64. The van der Waals surface area contributed by atoms with Gasteiger partial charge in [-0.05, 0) is 12.1 Å². The third kappa shape index (κ3) is 2.62. The van der Waals surface area contributed by atoms with Crippen LogP contribution in [0.5, 0.6) is 17.2 Å². The van der Waals surface area contributed by atoms with Gasteiger partial charge in [0.25, 0.3) is 0 Å². The van der Waals surface area contributed by atoms with Gasteiger partial charge in [0.2, 0.25) is 5.75 Å². The molecule has 0 radical (unpaired) electrons. The Kier molecular flexibility index (Phi) is 3.97. The van der Waals surface area contributed by atoms with E-state index in [1.54, 1.807) is 25.1 Å². The molecule has 0 spiro atoms. The van der Waals surface area contributed by atoms with Gasteiger partial charge in [-0.25, -0.2) is 0 Å². The van der Waals surface area contributed by atoms with Crippen molar-refractivity contribution in [2.75, 3.05) is 14.2 Å². The Morgan fingerprint density at radius 3 is 2.40 bits per heavy atom. The molecule has 0 unspecified atom stereocenters. The zero-order valence-electron chi connectivity index (χ0n) is 9.07. The van der Waals surface area contributed by atoms with Crippen LogP contribution in [0, 0.1) is 0 Å². The molecule has 0 heterocycles. The summed E-state index contributed by atoms with van der Waals surface area (Å²) in [5.41, 5.74) is 0. The van der Waals surface area contributed by atoms with Crippen LogP contribution in [0.3, 0.4) is 0 Å². The average molecular weight is 210 g/mol. The van der Waals surface area contributed by atoms with Gasteiger partial charge in [0.05, 0.1) is 14.2 Å². The van der Waals surface area contributed by atoms with Crippen molar-refractivity contribution >= 4 is 5.97 Å². The second kappa shape index (κ2) is 5.24. The van der Waals surface area contributed by atoms with Crippen LogP contribution in [-0.4, -0.2) is 20.2 Å². The molecular formula is C11H14O4. The van der Waals surface area contributed by atoms with Crippen molar-refractivity contribution < 1.29 is 19.0 Å². The van der Waals surface area contributed by atoms with Crippen LogP contribution in [0.15, 0.2) is 18.2 Å². The third-order valence-electron chi connectivity index (χ3n) is 1.88. The quantitative estimate of drug-likeness (QED) is 0.563. The number of hydrogen-bond donors (Lipinski definition) is 0. The minimum Gasteiger partial charge on any atom is -0.493 e. The van der Waals surface area contributed by atoms with Gasteiger partial charge >= 0.3 is 5.97 Å². The summed E-state index contributed by atoms with van der Waals surface area (Å²) in [7, 11) is 3.03. The molecule has 0 N–H and O–H groups in total. The lowest BCUT2D eigenvalue weighted by molar-refractivity contribution is -0.134. The fourth-order valence-corrected chi connectivity index (χ4v) is 1.13. The minimum atomic E-state index is -0.304. The van der Waals surface area contributed by atoms with Crippen LogP contribution >= 0.6 is 0 Å². The molecule has 1 rings (SSSR count). The third-order valence-corrected chi connectivity index (χ3v) is 1.88. The number of para-hydroxylation sites is 1. The normalized spacial score (nSPS) is 9.53. The molecular weight excluding hydrogens is 196 g/mol. The summed E-state index contributed by atoms with van der Waals surface area (Å²) in [5, 5.41) is 0. The van der Waals surface area contributed by atoms with Crippen LogP contribution in [0.2, 0.25) is 0 Å². The van der Waals surface area contributed by atoms with Gasteiger partial charge in [-0.1, -0.05) is 13.0 Å². The molecule has 0 aliphatic carbocycles. The highest BCUT2D eigenvalue weighted by Gasteiger charge is 2.12. The molecule has 0 aliphatic rings. The molecule has 1 aromatic carbocycles. The molecule has 0 bridgehead atoms. The van der Waals surface area contributed by atoms with E-state index in [0.29, 0.717) is 23.7 Å². The zero-order valence-corrected chi connectivity index (χ0v) is 9.07. The Hall–Kier alpha value is -1.71. The molecule has 0 fully saturated rings. The first kappa shape index (κ1) is 11.4. The number of hydrogen-bond acceptors (Lipinski definition) is 4. The highest BCUT2D eigenvalue weighted by atomic mass is 16.6. The lowest BCUT2D eigenvalue weighted by Crippen LogP contribution is -2.07. The van der Waals surface area contributed by atoms with Gasteiger partial charge in [0.1, 0.15) is 0 Å². The number of benzene rings is 1. The van der Waals surface area contributed by atoms with E-state index in [1.807, 2.05) is 0 Å². The van der Waals surface area contributed by atoms with Crippen LogP contribution in [0.4, 0.5) is 0 Å². The largest absolute Gasteiger partial charge is 0.493 e. The van der Waals surface area contributed by atoms with Gasteiger partial charge < -0.3 is 14.2 Å². The Morgan fingerprint density at radius 1 is 1.20 bits per heavy atom. The molecule has 0 saturated heterocycles. The van der Waals surface area contributed by atoms with Crippen molar-refractivity contribution in [1.82, 2.24) is 0 Å². The molecule has 0 amide bonds. The number of rotatable bonds is 4. The standard InChI is InChI=1S/C11H14O4/c1-4-10(12)15-9-7-5-6-8(13-2)11(9)14-3/h5-7H,4H2,1-3H3. The summed E-state index contributed by atoms with van der Waals surface area (Å²) in [4.78, 5) is 11.1. The zero-order chi connectivity index (χ0) is 11.3. The molecule has 15 heavy (non-hydrogen) atoms. The minimum absolute atomic E-state index is 0.304. The maximum Gasteiger partial charge on any atom is 0.311 e. The van der Waals surface area contributed by atoms with E-state index in [-0.39, 0.29) is 5.97 Å². The van der Waals surface area contributed by atoms with E-state index >= 15 is 0 Å². The van der Waals surface area contributed by atoms with E-state index in [9.17, 15) is 4.79 Å². The number of carbonyl (C=O) groups excluding carboxylic acids is 1. The Labute approximate surface area is 88.8 Å². The topological polar surface area (TPSA) is 44.8 Å². The lowest BCUT2D eigenvalue weighted by atomic mass is 10.3. The van der Waals surface area contributed by atoms with E-state index in [2.05, 4.69) is 0 Å². The lowest BCUT2D eigenvalue weighted by Gasteiger charge is -2.11. The summed E-state index contributed by atoms with van der Waals surface area (Å²) >= 11 is 0. The Morgan fingerprint density at radius 2 is 1.87 bits per heavy atom. The van der Waals surface area contributed by atoms with Crippen LogP contribution < -0.4 is 14.2 Å². The molecule has 82 valence electrons. The van der Waals surface area contributed by atoms with Gasteiger partial charge in [-0.2, -0.15) is 0 Å². The van der Waals surface area contributed by atoms with Crippen molar-refractivity contribution in [2.24, 2.45) is 0 Å². The molecule has 0 atom stereocenters. The van der Waals surface area contributed by atoms with Crippen molar-refractivity contribution in [2.45, 2.75) is 13.3 Å². The van der Waals surface area contributed by atoms with Crippen molar-refractivity contribution in [1.29, 1.82) is 0 Å². The van der Waals surface area contributed by atoms with E-state index in [4.69, 9.17) is 14.2 Å². The molecule has 0 aliphatic heterocycles. The van der Waals surface area contributed by atoms with Gasteiger partial charge in [0, 0.05) is 6.42 Å². The summed E-state index contributed by atoms with van der Waals surface area (Å²) in [6.07, 6.45) is 0.320. The second-order valence-electron chi connectivity index (χ2n) is 2.82. The Bertz CT molecular complexity index is 346. The predicted molar refractivity (Wildman–Crippen MR) is 55.5 cm³/mol. The van der Waals surface area contributed by atoms with E-state index in [1.165, 1.54) is 14.2 Å². The Balaban J connectivity index is 3.00. The SMILES string of the molecule is CCC(=O)Oc1cccc(OC)c1OC. The number of methoxy groups -OCH3 is 2. The molecule has 0 aromatic heterocycles. The molecule has 0 saturated carbocycles. The number of esters is 1. The van der Waals surface area contributed by atoms with Crippen LogP contribution in [0.1, 0.15) is 13.3 Å². The fraction of sp³-hybridized carbons (Fsp3) is 0.364. The maximum atomic E-state index is 11.1. The number of carbonyl (C=O) groups is 1. The predicted octanol–water partition coefficient (Wildman–Crippen LogP) is 2.02. The van der Waals surface area contributed by atoms with Gasteiger partial charge in [0.15, 0.2) is 11.5 Å². The van der Waals surface area contributed by atoms with Crippen LogP contribution in [-0.2, 0) is 4.79 Å². The molecule has 1 aromatic rings. The summed E-state index contributed by atoms with van der Waals surface area (Å²) in [5.74, 6) is 1.05. The summed E-state index contributed by atoms with van der Waals surface area (Å²) in [6, 6.07) is 5.14. The van der Waals surface area contributed by atoms with Gasteiger partial charge in [-0.15, -0.1) is 0 Å². The highest BCUT2D eigenvalue weighted by molar-refractivity contribution is 5.73. The molecule has 4 heteroatoms. The first-order chi connectivity index (χ1) is 7.22. The number of ether oxygens (including phenoxy) is 3. The van der Waals surface area contributed by atoms with Gasteiger partial charge in [-0.3, -0.25) is 4.79 Å². The smallest absolute Gasteiger partial charge is 0.311 e. The average Bonchev–Trinajstić information content (AvgIpc) is 2.28. The monoisotopic (exact) mass is 210 g/mol. The van der Waals surface area contributed by atoms with Crippen molar-refractivity contribution in [3.05, 3.63) is 18.2 Å². The summed E-state index contributed by atoms with van der Waals surface area (Å²) < 4.78 is 15.3. The van der Waals surface area contributed by atoms with Crippen molar-refractivity contribution in [3.8, 4) is 17.2 Å². The summed E-state index contributed by atoms with van der Waals surface area (Å²) in [6.45, 7) is 1.73. The van der Waals surface area contributed by atoms with Crippen LogP contribution in [0.25, 0.3) is 0 Å². The second-order valence-corrected chi connectivity index (χ2v) is 2.82. The fourth-order valence-electron chi connectivity index (χ4n) is 1.13. The molecule has 4 nitrogen and oxygen atoms in total.